The molecule has 0 aromatic carbocycles. The number of aliphatic imine (C=N–C) groups is 1. The predicted molar refractivity (Wildman–Crippen MR) is 74.1 cm³/mol. The second-order valence-corrected chi connectivity index (χ2v) is 6.01. The van der Waals surface area contributed by atoms with Crippen molar-refractivity contribution in [2.24, 2.45) is 4.99 Å². The Bertz CT molecular complexity index is 550. The highest BCUT2D eigenvalue weighted by atomic mass is 35.5. The molecule has 17 heavy (non-hydrogen) atoms. The number of nitrogens with zero attached hydrogens (tertiary/aromatic N) is 1. The molecule has 3 nitrogen and oxygen atoms in total. The summed E-state index contributed by atoms with van der Waals surface area (Å²) in [5.41, 5.74) is 0.0830. The first-order chi connectivity index (χ1) is 7.93. The summed E-state index contributed by atoms with van der Waals surface area (Å²) in [6.45, 7) is 0. The standard InChI is InChI=1S/C9H2Cl3NO2S2/c10-4-3(2-1-13-9(16)17-2)7(14)5(11)6(12)8(4)15/h1-2H. The summed E-state index contributed by atoms with van der Waals surface area (Å²) in [6, 6.07) is 0. The Morgan fingerprint density at radius 3 is 2.24 bits per heavy atom. The fraction of sp³-hybridized carbons (Fsp3) is 0.111. The molecule has 1 atom stereocenters. The molecular formula is C9H2Cl3NO2S2. The van der Waals surface area contributed by atoms with E-state index in [1.807, 2.05) is 0 Å². The third-order valence-corrected chi connectivity index (χ3v) is 4.61. The number of halogens is 3. The average Bonchev–Trinajstić information content (AvgIpc) is 2.71. The van der Waals surface area contributed by atoms with Gasteiger partial charge in [-0.3, -0.25) is 9.59 Å². The maximum Gasteiger partial charge on any atom is 0.217 e. The van der Waals surface area contributed by atoms with Gasteiger partial charge in [0.2, 0.25) is 11.6 Å². The molecule has 0 N–H and O–H groups in total. The fourth-order valence-electron chi connectivity index (χ4n) is 1.32. The van der Waals surface area contributed by atoms with Crippen molar-refractivity contribution in [1.82, 2.24) is 0 Å². The summed E-state index contributed by atoms with van der Waals surface area (Å²) in [5, 5.41) is -1.38. The molecule has 88 valence electrons. The lowest BCUT2D eigenvalue weighted by Crippen LogP contribution is -2.24. The van der Waals surface area contributed by atoms with Crippen LogP contribution in [-0.2, 0) is 9.59 Å². The van der Waals surface area contributed by atoms with E-state index < -0.39 is 16.8 Å². The van der Waals surface area contributed by atoms with Gasteiger partial charge in [-0.2, -0.15) is 0 Å². The van der Waals surface area contributed by atoms with Gasteiger partial charge in [-0.05, 0) is 0 Å². The number of thiocarbonyl (C=S) groups is 1. The molecule has 0 saturated heterocycles. The van der Waals surface area contributed by atoms with Crippen LogP contribution < -0.4 is 0 Å². The van der Waals surface area contributed by atoms with E-state index in [9.17, 15) is 9.59 Å². The topological polar surface area (TPSA) is 46.5 Å². The van der Waals surface area contributed by atoms with Crippen LogP contribution in [0.5, 0.6) is 0 Å². The monoisotopic (exact) mass is 325 g/mol. The van der Waals surface area contributed by atoms with Gasteiger partial charge < -0.3 is 0 Å². The molecule has 2 aliphatic rings. The first-order valence-electron chi connectivity index (χ1n) is 4.22. The second-order valence-electron chi connectivity index (χ2n) is 3.10. The van der Waals surface area contributed by atoms with Crippen LogP contribution in [0.25, 0.3) is 0 Å². The lowest BCUT2D eigenvalue weighted by atomic mass is 10.00. The van der Waals surface area contributed by atoms with E-state index in [2.05, 4.69) is 4.99 Å². The number of rotatable bonds is 1. The van der Waals surface area contributed by atoms with Crippen LogP contribution in [0.1, 0.15) is 0 Å². The zero-order valence-electron chi connectivity index (χ0n) is 7.87. The molecule has 1 aliphatic heterocycles. The number of hydrogen-bond acceptors (Lipinski definition) is 4. The highest BCUT2D eigenvalue weighted by Gasteiger charge is 2.37. The maximum atomic E-state index is 11.9. The number of Topliss-reactive ketones (excluding diaryl/α,β-unsaturated/α-hetero) is 2. The van der Waals surface area contributed by atoms with Gasteiger partial charge in [0.15, 0.2) is 4.32 Å². The van der Waals surface area contributed by atoms with E-state index in [-0.39, 0.29) is 20.7 Å². The van der Waals surface area contributed by atoms with E-state index in [1.54, 1.807) is 0 Å². The normalized spacial score (nSPS) is 25.4. The molecule has 0 spiro atoms. The quantitative estimate of drug-likeness (QED) is 0.549. The van der Waals surface area contributed by atoms with Crippen molar-refractivity contribution in [2.45, 2.75) is 5.25 Å². The average molecular weight is 327 g/mol. The summed E-state index contributed by atoms with van der Waals surface area (Å²) in [7, 11) is 0. The van der Waals surface area contributed by atoms with Crippen LogP contribution in [0.4, 0.5) is 0 Å². The Hall–Kier alpha value is -0.200. The van der Waals surface area contributed by atoms with E-state index >= 15 is 0 Å². The van der Waals surface area contributed by atoms with Gasteiger partial charge in [-0.1, -0.05) is 58.8 Å². The van der Waals surface area contributed by atoms with E-state index in [1.165, 1.54) is 6.21 Å². The molecule has 1 unspecified atom stereocenters. The van der Waals surface area contributed by atoms with Gasteiger partial charge in [0.1, 0.15) is 10.1 Å². The number of hydrogen-bond donors (Lipinski definition) is 0. The smallest absolute Gasteiger partial charge is 0.217 e. The third kappa shape index (κ3) is 2.22. The van der Waals surface area contributed by atoms with Gasteiger partial charge in [-0.25, -0.2) is 4.99 Å². The van der Waals surface area contributed by atoms with E-state index in [0.29, 0.717) is 4.32 Å². The summed E-state index contributed by atoms with van der Waals surface area (Å²) in [4.78, 5) is 27.4. The maximum absolute atomic E-state index is 11.9. The van der Waals surface area contributed by atoms with Gasteiger partial charge in [0, 0.05) is 11.8 Å². The van der Waals surface area contributed by atoms with Crippen molar-refractivity contribution in [3.8, 4) is 0 Å². The number of ketones is 2. The predicted octanol–water partition coefficient (Wildman–Crippen LogP) is 2.79. The first-order valence-corrected chi connectivity index (χ1v) is 6.64. The van der Waals surface area contributed by atoms with Gasteiger partial charge in [0.25, 0.3) is 0 Å². The second kappa shape index (κ2) is 4.82. The highest BCUT2D eigenvalue weighted by molar-refractivity contribution is 8.24. The van der Waals surface area contributed by atoms with Crippen LogP contribution in [0.2, 0.25) is 0 Å². The minimum Gasteiger partial charge on any atom is -0.288 e. The molecule has 8 heteroatoms. The van der Waals surface area contributed by atoms with Crippen LogP contribution in [0.3, 0.4) is 0 Å². The largest absolute Gasteiger partial charge is 0.288 e. The zero-order chi connectivity index (χ0) is 12.7. The Morgan fingerprint density at radius 1 is 1.12 bits per heavy atom. The fourth-order valence-corrected chi connectivity index (χ4v) is 3.28. The number of carbonyl (C=O) groups is 2. The highest BCUT2D eigenvalue weighted by Crippen LogP contribution is 2.37. The minimum atomic E-state index is -0.653. The molecule has 0 radical (unpaired) electrons. The Balaban J connectivity index is 2.47. The molecule has 0 aromatic heterocycles. The molecule has 1 aliphatic carbocycles. The number of allylic oxidation sites excluding steroid dienone is 3. The minimum absolute atomic E-state index is 0.0830. The van der Waals surface area contributed by atoms with Gasteiger partial charge in [0.05, 0.1) is 10.3 Å². The molecule has 0 fully saturated rings. The first kappa shape index (κ1) is 13.2. The molecule has 0 saturated carbocycles. The molecule has 0 aromatic rings. The Morgan fingerprint density at radius 2 is 1.71 bits per heavy atom. The van der Waals surface area contributed by atoms with Crippen molar-refractivity contribution >= 4 is 80.9 Å². The molecule has 2 rings (SSSR count). The van der Waals surface area contributed by atoms with E-state index in [0.717, 1.165) is 11.8 Å². The van der Waals surface area contributed by atoms with Crippen LogP contribution in [0.15, 0.2) is 25.7 Å². The lowest BCUT2D eigenvalue weighted by molar-refractivity contribution is -0.115. The van der Waals surface area contributed by atoms with Crippen LogP contribution in [0, 0.1) is 0 Å². The zero-order valence-corrected chi connectivity index (χ0v) is 11.8. The molecule has 1 heterocycles. The SMILES string of the molecule is O=C1C(Cl)=C(Cl)C(=O)C(C2C=NC(=S)S2)=C1Cl. The molecule has 0 bridgehead atoms. The van der Waals surface area contributed by atoms with Crippen LogP contribution >= 0.6 is 58.8 Å². The lowest BCUT2D eigenvalue weighted by Gasteiger charge is -2.17. The van der Waals surface area contributed by atoms with Crippen LogP contribution in [-0.4, -0.2) is 27.4 Å². The Kier molecular flexibility index (Phi) is 3.75. The number of carbonyl (C=O) groups excluding carboxylic acids is 2. The number of thioether (sulfide) groups is 1. The molecular weight excluding hydrogens is 325 g/mol. The van der Waals surface area contributed by atoms with Gasteiger partial charge in [-0.15, -0.1) is 0 Å². The summed E-state index contributed by atoms with van der Waals surface area (Å²) in [6.07, 6.45) is 1.46. The Labute approximate surface area is 121 Å². The third-order valence-electron chi connectivity index (χ3n) is 2.10. The van der Waals surface area contributed by atoms with Crippen molar-refractivity contribution in [3.63, 3.8) is 0 Å². The van der Waals surface area contributed by atoms with Crippen molar-refractivity contribution < 1.29 is 9.59 Å². The summed E-state index contributed by atoms with van der Waals surface area (Å²) < 4.78 is 0.379. The van der Waals surface area contributed by atoms with Gasteiger partial charge >= 0.3 is 0 Å². The van der Waals surface area contributed by atoms with Crippen molar-refractivity contribution in [3.05, 3.63) is 20.7 Å². The van der Waals surface area contributed by atoms with Crippen molar-refractivity contribution in [2.75, 3.05) is 0 Å². The van der Waals surface area contributed by atoms with Crippen molar-refractivity contribution in [1.29, 1.82) is 0 Å². The van der Waals surface area contributed by atoms with E-state index in [4.69, 9.17) is 47.0 Å². The summed E-state index contributed by atoms with van der Waals surface area (Å²) in [5.74, 6) is -1.21. The molecule has 0 amide bonds. The summed E-state index contributed by atoms with van der Waals surface area (Å²) >= 11 is 23.1.